The van der Waals surface area contributed by atoms with Crippen molar-refractivity contribution in [2.75, 3.05) is 22.4 Å². The molecule has 6 nitrogen and oxygen atoms in total. The van der Waals surface area contributed by atoms with Crippen LogP contribution in [0.5, 0.6) is 5.75 Å². The van der Waals surface area contributed by atoms with E-state index in [-0.39, 0.29) is 13.0 Å². The molecule has 0 saturated heterocycles. The van der Waals surface area contributed by atoms with Gasteiger partial charge in [-0.05, 0) is 42.8 Å². The molecule has 1 amide bonds. The maximum Gasteiger partial charge on any atom is 0.265 e. The van der Waals surface area contributed by atoms with Crippen molar-refractivity contribution in [3.05, 3.63) is 53.8 Å². The van der Waals surface area contributed by atoms with Crippen molar-refractivity contribution in [2.24, 2.45) is 0 Å². The van der Waals surface area contributed by atoms with E-state index in [1.165, 1.54) is 22.5 Å². The van der Waals surface area contributed by atoms with E-state index in [1.807, 2.05) is 6.92 Å². The minimum absolute atomic E-state index is 0.108. The van der Waals surface area contributed by atoms with Crippen LogP contribution in [0.1, 0.15) is 12.0 Å². The molecule has 26 heavy (non-hydrogen) atoms. The van der Waals surface area contributed by atoms with Crippen LogP contribution in [0.2, 0.25) is 0 Å². The smallest absolute Gasteiger partial charge is 0.265 e. The van der Waals surface area contributed by atoms with Crippen LogP contribution in [0.4, 0.5) is 15.8 Å². The molecule has 0 fully saturated rings. The highest BCUT2D eigenvalue weighted by Crippen LogP contribution is 2.35. The fraction of sp³-hybridized carbons (Fsp3) is 0.278. The van der Waals surface area contributed by atoms with E-state index in [1.54, 1.807) is 24.3 Å². The number of nitrogens with zero attached hydrogens (tertiary/aromatic N) is 1. The van der Waals surface area contributed by atoms with Crippen molar-refractivity contribution in [1.29, 1.82) is 0 Å². The summed E-state index contributed by atoms with van der Waals surface area (Å²) in [7, 11) is -3.52. The molecular formula is C18H19FN2O4S. The van der Waals surface area contributed by atoms with Crippen LogP contribution in [0.3, 0.4) is 0 Å². The molecule has 2 aromatic carbocycles. The Morgan fingerprint density at radius 1 is 1.27 bits per heavy atom. The van der Waals surface area contributed by atoms with Gasteiger partial charge in [-0.1, -0.05) is 12.1 Å². The van der Waals surface area contributed by atoms with Crippen LogP contribution >= 0.6 is 0 Å². The second-order valence-corrected chi connectivity index (χ2v) is 8.11. The summed E-state index contributed by atoms with van der Waals surface area (Å²) < 4.78 is 44.6. The van der Waals surface area contributed by atoms with Crippen LogP contribution in [0.25, 0.3) is 0 Å². The lowest BCUT2D eigenvalue weighted by atomic mass is 10.2. The molecule has 2 aromatic rings. The molecule has 1 aliphatic heterocycles. The van der Waals surface area contributed by atoms with Gasteiger partial charge < -0.3 is 10.1 Å². The minimum Gasteiger partial charge on any atom is -0.478 e. The number of amides is 1. The molecular weight excluding hydrogens is 359 g/mol. The van der Waals surface area contributed by atoms with E-state index in [9.17, 15) is 17.6 Å². The molecule has 1 heterocycles. The summed E-state index contributed by atoms with van der Waals surface area (Å²) >= 11 is 0. The minimum atomic E-state index is -3.52. The van der Waals surface area contributed by atoms with E-state index in [0.717, 1.165) is 11.8 Å². The number of carbonyl (C=O) groups is 1. The highest BCUT2D eigenvalue weighted by molar-refractivity contribution is 7.92. The number of nitrogens with one attached hydrogen (secondary N) is 1. The number of benzene rings is 2. The fourth-order valence-electron chi connectivity index (χ4n) is 2.81. The molecule has 138 valence electrons. The van der Waals surface area contributed by atoms with Crippen LogP contribution in [0.15, 0.2) is 42.5 Å². The number of ether oxygens (including phenoxy) is 1. The summed E-state index contributed by atoms with van der Waals surface area (Å²) in [5.41, 5.74) is 1.60. The lowest BCUT2D eigenvalue weighted by Gasteiger charge is -2.21. The number of rotatable bonds is 3. The number of halogens is 1. The van der Waals surface area contributed by atoms with Gasteiger partial charge >= 0.3 is 0 Å². The first-order valence-corrected chi connectivity index (χ1v) is 9.90. The Labute approximate surface area is 151 Å². The Morgan fingerprint density at radius 2 is 2.04 bits per heavy atom. The van der Waals surface area contributed by atoms with E-state index in [4.69, 9.17) is 4.74 Å². The molecule has 1 N–H and O–H groups in total. The summed E-state index contributed by atoms with van der Waals surface area (Å²) in [4.78, 5) is 12.5. The molecule has 3 rings (SSSR count). The van der Waals surface area contributed by atoms with Crippen LogP contribution < -0.4 is 14.4 Å². The molecule has 0 aliphatic carbocycles. The second kappa shape index (κ2) is 6.95. The first kappa shape index (κ1) is 18.2. The standard InChI is InChI=1S/C18H19FN2O4S/c1-12-6-7-16-15(10-12)21(26(2,23)24)9-8-17(25-16)18(22)20-14-5-3-4-13(19)11-14/h3-7,10-11,17H,8-9H2,1-2H3,(H,20,22)/t17-/m1/s1. The SMILES string of the molecule is Cc1ccc2c(c1)N(S(C)(=O)=O)CC[C@H](C(=O)Nc1cccc(F)c1)O2. The number of hydrogen-bond acceptors (Lipinski definition) is 4. The van der Waals surface area contributed by atoms with Crippen molar-refractivity contribution in [3.63, 3.8) is 0 Å². The van der Waals surface area contributed by atoms with Gasteiger partial charge in [0.25, 0.3) is 5.91 Å². The molecule has 0 unspecified atom stereocenters. The molecule has 1 atom stereocenters. The van der Waals surface area contributed by atoms with Gasteiger partial charge in [0.1, 0.15) is 11.6 Å². The second-order valence-electron chi connectivity index (χ2n) is 6.20. The summed E-state index contributed by atoms with van der Waals surface area (Å²) in [6.45, 7) is 1.95. The van der Waals surface area contributed by atoms with Gasteiger partial charge in [0.15, 0.2) is 6.10 Å². The maximum absolute atomic E-state index is 13.3. The summed E-state index contributed by atoms with van der Waals surface area (Å²) in [6.07, 6.45) is 0.389. The number of aryl methyl sites for hydroxylation is 1. The Bertz CT molecular complexity index is 946. The van der Waals surface area contributed by atoms with Gasteiger partial charge in [0.05, 0.1) is 11.9 Å². The van der Waals surface area contributed by atoms with Gasteiger partial charge in [0, 0.05) is 18.7 Å². The van der Waals surface area contributed by atoms with Crippen molar-refractivity contribution in [2.45, 2.75) is 19.4 Å². The zero-order chi connectivity index (χ0) is 18.9. The summed E-state index contributed by atoms with van der Waals surface area (Å²) in [5, 5.41) is 2.60. The van der Waals surface area contributed by atoms with E-state index in [2.05, 4.69) is 5.32 Å². The quantitative estimate of drug-likeness (QED) is 0.891. The first-order valence-electron chi connectivity index (χ1n) is 8.05. The van der Waals surface area contributed by atoms with Gasteiger partial charge in [-0.25, -0.2) is 12.8 Å². The van der Waals surface area contributed by atoms with Crippen molar-refractivity contribution >= 4 is 27.3 Å². The third kappa shape index (κ3) is 3.96. The normalized spacial score (nSPS) is 17.0. The number of fused-ring (bicyclic) bond motifs is 1. The molecule has 1 aliphatic rings. The predicted molar refractivity (Wildman–Crippen MR) is 97.4 cm³/mol. The number of carbonyl (C=O) groups excluding carboxylic acids is 1. The third-order valence-electron chi connectivity index (χ3n) is 4.03. The Balaban J connectivity index is 1.88. The number of anilines is 2. The zero-order valence-electron chi connectivity index (χ0n) is 14.4. The monoisotopic (exact) mass is 378 g/mol. The Morgan fingerprint density at radius 3 is 2.73 bits per heavy atom. The molecule has 0 spiro atoms. The highest BCUT2D eigenvalue weighted by atomic mass is 32.2. The van der Waals surface area contributed by atoms with Crippen molar-refractivity contribution in [1.82, 2.24) is 0 Å². The summed E-state index contributed by atoms with van der Waals surface area (Å²) in [5.74, 6) is -0.607. The summed E-state index contributed by atoms with van der Waals surface area (Å²) in [6, 6.07) is 10.7. The Hall–Kier alpha value is -2.61. The largest absolute Gasteiger partial charge is 0.478 e. The van der Waals surface area contributed by atoms with Crippen LogP contribution in [-0.4, -0.2) is 33.2 Å². The average molecular weight is 378 g/mol. The van der Waals surface area contributed by atoms with Gasteiger partial charge in [-0.15, -0.1) is 0 Å². The van der Waals surface area contributed by atoms with Crippen LogP contribution in [0, 0.1) is 12.7 Å². The van der Waals surface area contributed by atoms with Gasteiger partial charge in [-0.2, -0.15) is 0 Å². The van der Waals surface area contributed by atoms with Crippen LogP contribution in [-0.2, 0) is 14.8 Å². The van der Waals surface area contributed by atoms with E-state index in [0.29, 0.717) is 17.1 Å². The van der Waals surface area contributed by atoms with Gasteiger partial charge in [0.2, 0.25) is 10.0 Å². The topological polar surface area (TPSA) is 75.7 Å². The number of hydrogen-bond donors (Lipinski definition) is 1. The predicted octanol–water partition coefficient (Wildman–Crippen LogP) is 2.69. The molecule has 0 bridgehead atoms. The highest BCUT2D eigenvalue weighted by Gasteiger charge is 2.31. The fourth-order valence-corrected chi connectivity index (χ4v) is 3.74. The average Bonchev–Trinajstić information content (AvgIpc) is 2.73. The maximum atomic E-state index is 13.3. The molecule has 0 aromatic heterocycles. The Kier molecular flexibility index (Phi) is 4.86. The lowest BCUT2D eigenvalue weighted by molar-refractivity contribution is -0.122. The molecule has 8 heteroatoms. The number of sulfonamides is 1. The van der Waals surface area contributed by atoms with Crippen molar-refractivity contribution in [3.8, 4) is 5.75 Å². The first-order chi connectivity index (χ1) is 12.2. The third-order valence-corrected chi connectivity index (χ3v) is 5.21. The van der Waals surface area contributed by atoms with E-state index >= 15 is 0 Å². The molecule has 0 radical (unpaired) electrons. The van der Waals surface area contributed by atoms with Crippen molar-refractivity contribution < 1.29 is 22.3 Å². The zero-order valence-corrected chi connectivity index (χ0v) is 15.2. The molecule has 0 saturated carbocycles. The van der Waals surface area contributed by atoms with E-state index < -0.39 is 27.9 Å². The lowest BCUT2D eigenvalue weighted by Crippen LogP contribution is -2.36. The van der Waals surface area contributed by atoms with Gasteiger partial charge in [-0.3, -0.25) is 9.10 Å².